The molecule has 5 nitrogen and oxygen atoms in total. The SMILES string of the molecule is Cc1cc(C)c(C(=O)c2cccc(OP(=O)(O)Oc3cccc(C(F)(F)F)c3)c2)c(C)c1. The summed E-state index contributed by atoms with van der Waals surface area (Å²) in [6.45, 7) is 5.56. The summed E-state index contributed by atoms with van der Waals surface area (Å²) in [6, 6.07) is 12.9. The van der Waals surface area contributed by atoms with Crippen LogP contribution < -0.4 is 9.05 Å². The minimum atomic E-state index is -4.83. The number of alkyl halides is 3. The summed E-state index contributed by atoms with van der Waals surface area (Å²) in [7, 11) is -4.83. The molecule has 0 aromatic heterocycles. The zero-order valence-electron chi connectivity index (χ0n) is 17.4. The summed E-state index contributed by atoms with van der Waals surface area (Å²) in [5.41, 5.74) is 2.30. The lowest BCUT2D eigenvalue weighted by Gasteiger charge is -2.16. The number of ketones is 1. The molecule has 1 unspecified atom stereocenters. The fraction of sp³-hybridized carbons (Fsp3) is 0.174. The molecule has 0 fully saturated rings. The van der Waals surface area contributed by atoms with Gasteiger partial charge >= 0.3 is 14.0 Å². The van der Waals surface area contributed by atoms with Crippen LogP contribution in [0.15, 0.2) is 60.7 Å². The zero-order chi connectivity index (χ0) is 23.7. The first kappa shape index (κ1) is 23.6. The molecule has 0 aliphatic carbocycles. The first-order chi connectivity index (χ1) is 14.9. The molecule has 168 valence electrons. The monoisotopic (exact) mass is 464 g/mol. The molecular weight excluding hydrogens is 444 g/mol. The Labute approximate surface area is 183 Å². The van der Waals surface area contributed by atoms with Gasteiger partial charge in [-0.1, -0.05) is 35.9 Å². The summed E-state index contributed by atoms with van der Waals surface area (Å²) in [6.07, 6.45) is -4.64. The van der Waals surface area contributed by atoms with Crippen molar-refractivity contribution in [3.05, 3.63) is 94.0 Å². The average Bonchev–Trinajstić information content (AvgIpc) is 2.66. The summed E-state index contributed by atoms with van der Waals surface area (Å²) < 4.78 is 60.6. The van der Waals surface area contributed by atoms with Gasteiger partial charge in [0.25, 0.3) is 0 Å². The van der Waals surface area contributed by atoms with Crippen LogP contribution in [-0.2, 0) is 10.7 Å². The Kier molecular flexibility index (Phi) is 6.49. The van der Waals surface area contributed by atoms with E-state index in [1.54, 1.807) is 0 Å². The first-order valence-corrected chi connectivity index (χ1v) is 11.0. The molecule has 0 heterocycles. The predicted molar refractivity (Wildman–Crippen MR) is 113 cm³/mol. The largest absolute Gasteiger partial charge is 0.584 e. The number of aryl methyl sites for hydroxylation is 3. The van der Waals surface area contributed by atoms with Crippen LogP contribution in [0.3, 0.4) is 0 Å². The standard InChI is InChI=1S/C23H20F3O5P/c1-14-10-15(2)21(16(3)11-14)22(27)17-6-4-8-19(12-17)30-32(28,29)31-20-9-5-7-18(13-20)23(24,25)26/h4-13H,1-3H3,(H,28,29). The highest BCUT2D eigenvalue weighted by molar-refractivity contribution is 7.48. The molecule has 1 atom stereocenters. The topological polar surface area (TPSA) is 72.8 Å². The number of benzene rings is 3. The third kappa shape index (κ3) is 5.58. The van der Waals surface area contributed by atoms with Crippen LogP contribution in [0, 0.1) is 20.8 Å². The number of halogens is 3. The number of phosphoric acid groups is 1. The molecule has 3 rings (SSSR count). The second-order valence-electron chi connectivity index (χ2n) is 7.31. The van der Waals surface area contributed by atoms with Crippen molar-refractivity contribution < 1.29 is 36.5 Å². The smallest absolute Gasteiger partial charge is 0.395 e. The Hall–Kier alpha value is -3.09. The van der Waals surface area contributed by atoms with Gasteiger partial charge in [-0.3, -0.25) is 9.69 Å². The number of hydrogen-bond acceptors (Lipinski definition) is 4. The van der Waals surface area contributed by atoms with Crippen molar-refractivity contribution in [1.82, 2.24) is 0 Å². The number of phosphoric ester groups is 1. The third-order valence-electron chi connectivity index (χ3n) is 4.60. The quantitative estimate of drug-likeness (QED) is 0.337. The van der Waals surface area contributed by atoms with Gasteiger partial charge in [0.2, 0.25) is 0 Å². The molecule has 9 heteroatoms. The molecule has 0 radical (unpaired) electrons. The maximum absolute atomic E-state index is 13.0. The molecule has 0 saturated heterocycles. The van der Waals surface area contributed by atoms with Crippen LogP contribution in [0.2, 0.25) is 0 Å². The molecule has 0 aliphatic rings. The van der Waals surface area contributed by atoms with Gasteiger partial charge in [-0.2, -0.15) is 13.2 Å². The lowest BCUT2D eigenvalue weighted by molar-refractivity contribution is -0.137. The van der Waals surface area contributed by atoms with Gasteiger partial charge in [-0.05, 0) is 62.2 Å². The molecular formula is C23H20F3O5P. The number of carbonyl (C=O) groups is 1. The minimum Gasteiger partial charge on any atom is -0.395 e. The van der Waals surface area contributed by atoms with E-state index in [9.17, 15) is 27.4 Å². The summed E-state index contributed by atoms with van der Waals surface area (Å²) in [5.74, 6) is -0.920. The minimum absolute atomic E-state index is 0.143. The second kappa shape index (κ2) is 8.81. The van der Waals surface area contributed by atoms with Gasteiger partial charge in [-0.25, -0.2) is 4.57 Å². The molecule has 0 saturated carbocycles. The average molecular weight is 464 g/mol. The predicted octanol–water partition coefficient (Wildman–Crippen LogP) is 6.42. The van der Waals surface area contributed by atoms with Crippen LogP contribution in [0.5, 0.6) is 11.5 Å². The van der Waals surface area contributed by atoms with E-state index in [4.69, 9.17) is 9.05 Å². The van der Waals surface area contributed by atoms with Crippen molar-refractivity contribution in [3.63, 3.8) is 0 Å². The Morgan fingerprint density at radius 2 is 1.41 bits per heavy atom. The van der Waals surface area contributed by atoms with Crippen molar-refractivity contribution in [2.24, 2.45) is 0 Å². The number of rotatable bonds is 6. The van der Waals surface area contributed by atoms with E-state index in [1.807, 2.05) is 32.9 Å². The Morgan fingerprint density at radius 1 is 0.875 bits per heavy atom. The highest BCUT2D eigenvalue weighted by Crippen LogP contribution is 2.45. The van der Waals surface area contributed by atoms with E-state index in [0.29, 0.717) is 11.6 Å². The highest BCUT2D eigenvalue weighted by Gasteiger charge is 2.32. The van der Waals surface area contributed by atoms with Crippen molar-refractivity contribution >= 4 is 13.6 Å². The van der Waals surface area contributed by atoms with Crippen molar-refractivity contribution in [1.29, 1.82) is 0 Å². The molecule has 3 aromatic carbocycles. The molecule has 0 aliphatic heterocycles. The van der Waals surface area contributed by atoms with Crippen LogP contribution in [0.25, 0.3) is 0 Å². The highest BCUT2D eigenvalue weighted by atomic mass is 31.2. The molecule has 0 amide bonds. The van der Waals surface area contributed by atoms with Crippen molar-refractivity contribution in [3.8, 4) is 11.5 Å². The summed E-state index contributed by atoms with van der Waals surface area (Å²) >= 11 is 0. The molecule has 3 aromatic rings. The maximum Gasteiger partial charge on any atom is 0.584 e. The molecule has 1 N–H and O–H groups in total. The van der Waals surface area contributed by atoms with Crippen LogP contribution in [0.4, 0.5) is 13.2 Å². The van der Waals surface area contributed by atoms with E-state index in [1.165, 1.54) is 24.3 Å². The van der Waals surface area contributed by atoms with Crippen LogP contribution in [-0.4, -0.2) is 10.7 Å². The molecule has 0 bridgehead atoms. The van der Waals surface area contributed by atoms with Gasteiger partial charge in [0.1, 0.15) is 11.5 Å². The van der Waals surface area contributed by atoms with Gasteiger partial charge < -0.3 is 9.05 Å². The Balaban J connectivity index is 1.83. The second-order valence-corrected chi connectivity index (χ2v) is 8.61. The fourth-order valence-electron chi connectivity index (χ4n) is 3.39. The Morgan fingerprint density at radius 3 is 1.97 bits per heavy atom. The van der Waals surface area contributed by atoms with Crippen molar-refractivity contribution in [2.75, 3.05) is 0 Å². The molecule has 32 heavy (non-hydrogen) atoms. The van der Waals surface area contributed by atoms with E-state index >= 15 is 0 Å². The van der Waals surface area contributed by atoms with E-state index in [-0.39, 0.29) is 17.1 Å². The first-order valence-electron chi connectivity index (χ1n) is 9.47. The normalized spacial score (nSPS) is 13.3. The van der Waals surface area contributed by atoms with Gasteiger partial charge in [0.15, 0.2) is 5.78 Å². The third-order valence-corrected chi connectivity index (χ3v) is 5.49. The van der Waals surface area contributed by atoms with Crippen LogP contribution in [0.1, 0.15) is 38.2 Å². The van der Waals surface area contributed by atoms with E-state index in [2.05, 4.69) is 0 Å². The van der Waals surface area contributed by atoms with Gasteiger partial charge in [0, 0.05) is 11.1 Å². The number of carbonyl (C=O) groups excluding carboxylic acids is 1. The van der Waals surface area contributed by atoms with Gasteiger partial charge in [0.05, 0.1) is 5.56 Å². The van der Waals surface area contributed by atoms with Gasteiger partial charge in [-0.15, -0.1) is 0 Å². The number of hydrogen-bond donors (Lipinski definition) is 1. The lowest BCUT2D eigenvalue weighted by atomic mass is 9.93. The van der Waals surface area contributed by atoms with E-state index < -0.39 is 25.3 Å². The maximum atomic E-state index is 13.0. The summed E-state index contributed by atoms with van der Waals surface area (Å²) in [4.78, 5) is 23.0. The zero-order valence-corrected chi connectivity index (χ0v) is 18.3. The molecule has 0 spiro atoms. The fourth-order valence-corrected chi connectivity index (χ4v) is 4.19. The van der Waals surface area contributed by atoms with Crippen LogP contribution >= 0.6 is 7.82 Å². The Bertz CT molecular complexity index is 1200. The van der Waals surface area contributed by atoms with E-state index in [0.717, 1.165) is 34.9 Å². The van der Waals surface area contributed by atoms with Crippen molar-refractivity contribution in [2.45, 2.75) is 26.9 Å². The summed E-state index contributed by atoms with van der Waals surface area (Å²) in [5, 5.41) is 0. The lowest BCUT2D eigenvalue weighted by Crippen LogP contribution is -2.08.